The lowest BCUT2D eigenvalue weighted by Gasteiger charge is -2.15. The van der Waals surface area contributed by atoms with E-state index in [1.54, 1.807) is 0 Å². The summed E-state index contributed by atoms with van der Waals surface area (Å²) >= 11 is 0. The molecule has 0 aromatic carbocycles. The molecule has 214 valence electrons. The van der Waals surface area contributed by atoms with Gasteiger partial charge in [-0.2, -0.15) is 0 Å². The number of hydrogen-bond donors (Lipinski definition) is 1. The van der Waals surface area contributed by atoms with E-state index in [1.807, 2.05) is 54.7 Å². The van der Waals surface area contributed by atoms with Gasteiger partial charge in [0, 0.05) is 12.8 Å². The highest BCUT2D eigenvalue weighted by Crippen LogP contribution is 2.10. The van der Waals surface area contributed by atoms with Crippen LogP contribution in [0.2, 0.25) is 0 Å². The van der Waals surface area contributed by atoms with E-state index >= 15 is 0 Å². The molecule has 0 saturated heterocycles. The molecule has 38 heavy (non-hydrogen) atoms. The molecule has 0 aliphatic heterocycles. The van der Waals surface area contributed by atoms with Gasteiger partial charge in [0.15, 0.2) is 6.10 Å². The molecule has 0 spiro atoms. The molecule has 1 N–H and O–H groups in total. The molecule has 0 heterocycles. The molecule has 0 amide bonds. The Morgan fingerprint density at radius 1 is 0.632 bits per heavy atom. The van der Waals surface area contributed by atoms with E-state index in [0.29, 0.717) is 12.8 Å². The summed E-state index contributed by atoms with van der Waals surface area (Å²) in [5, 5.41) is 9.45. The highest BCUT2D eigenvalue weighted by Gasteiger charge is 2.15. The van der Waals surface area contributed by atoms with Crippen LogP contribution in [0, 0.1) is 0 Å². The monoisotopic (exact) mass is 528 g/mol. The van der Waals surface area contributed by atoms with Crippen molar-refractivity contribution in [3.05, 3.63) is 72.9 Å². The molecule has 0 aromatic rings. The summed E-state index contributed by atoms with van der Waals surface area (Å²) in [6.45, 7) is 3.83. The molecule has 0 rings (SSSR count). The van der Waals surface area contributed by atoms with Crippen molar-refractivity contribution in [1.29, 1.82) is 0 Å². The summed E-state index contributed by atoms with van der Waals surface area (Å²) in [7, 11) is 0. The second kappa shape index (κ2) is 28.9. The van der Waals surface area contributed by atoms with Gasteiger partial charge in [0.25, 0.3) is 0 Å². The van der Waals surface area contributed by atoms with E-state index in [9.17, 15) is 14.7 Å². The molecule has 0 saturated carbocycles. The highest BCUT2D eigenvalue weighted by atomic mass is 16.6. The zero-order chi connectivity index (χ0) is 27.9. The molecular formula is C33H52O5. The third-order valence-corrected chi connectivity index (χ3v) is 5.61. The van der Waals surface area contributed by atoms with Crippen molar-refractivity contribution in [2.45, 2.75) is 110 Å². The Balaban J connectivity index is 3.81. The first kappa shape index (κ1) is 35.3. The smallest absolute Gasteiger partial charge is 0.306 e. The van der Waals surface area contributed by atoms with Gasteiger partial charge in [0.05, 0.1) is 6.61 Å². The third-order valence-electron chi connectivity index (χ3n) is 5.61. The van der Waals surface area contributed by atoms with Gasteiger partial charge in [-0.25, -0.2) is 0 Å². The molecule has 5 heteroatoms. The van der Waals surface area contributed by atoms with E-state index in [1.165, 1.54) is 32.1 Å². The van der Waals surface area contributed by atoms with Crippen LogP contribution in [0.5, 0.6) is 0 Å². The predicted octanol–water partition coefficient (Wildman–Crippen LogP) is 8.27. The lowest BCUT2D eigenvalue weighted by molar-refractivity contribution is -0.161. The minimum Gasteiger partial charge on any atom is -0.462 e. The van der Waals surface area contributed by atoms with Gasteiger partial charge in [0.1, 0.15) is 6.61 Å². The number of rotatable bonds is 24. The summed E-state index contributed by atoms with van der Waals surface area (Å²) in [6.07, 6.45) is 36.7. The van der Waals surface area contributed by atoms with Gasteiger partial charge in [-0.1, -0.05) is 119 Å². The summed E-state index contributed by atoms with van der Waals surface area (Å²) in [5.74, 6) is -0.702. The second-order valence-corrected chi connectivity index (χ2v) is 9.21. The Bertz CT molecular complexity index is 742. The number of carbonyl (C=O) groups is 2. The van der Waals surface area contributed by atoms with Crippen LogP contribution in [0.15, 0.2) is 72.9 Å². The van der Waals surface area contributed by atoms with E-state index in [0.717, 1.165) is 38.5 Å². The topological polar surface area (TPSA) is 72.8 Å². The zero-order valence-electron chi connectivity index (χ0n) is 23.9. The maximum Gasteiger partial charge on any atom is 0.306 e. The fraction of sp³-hybridized carbons (Fsp3) is 0.576. The zero-order valence-corrected chi connectivity index (χ0v) is 23.9. The normalized spacial score (nSPS) is 13.2. The first-order valence-electron chi connectivity index (χ1n) is 14.6. The Hall–Kier alpha value is -2.66. The molecule has 0 aliphatic rings. The predicted molar refractivity (Wildman–Crippen MR) is 159 cm³/mol. The Morgan fingerprint density at radius 3 is 1.84 bits per heavy atom. The van der Waals surface area contributed by atoms with Gasteiger partial charge >= 0.3 is 11.9 Å². The standard InChI is InChI=1S/C33H52O5/c1-3-5-7-9-11-13-15-16-18-19-21-23-25-27-32(35)37-30-31(29-34)38-33(36)28-26-24-22-20-17-14-12-10-8-6-4-2/h5,7,9-13,15-16,18-19,21,31,34H,3-4,6,8,14,17,20,22-30H2,1-2H3/b7-5+,11-9+,12-10+,15-13+,18-16+,21-19+. The summed E-state index contributed by atoms with van der Waals surface area (Å²) in [6, 6.07) is 0. The highest BCUT2D eigenvalue weighted by molar-refractivity contribution is 5.70. The second-order valence-electron chi connectivity index (χ2n) is 9.21. The number of allylic oxidation sites excluding steroid dienone is 12. The fourth-order valence-electron chi connectivity index (χ4n) is 3.38. The number of aliphatic hydroxyl groups excluding tert-OH is 1. The number of ether oxygens (including phenoxy) is 2. The van der Waals surface area contributed by atoms with Crippen molar-refractivity contribution < 1.29 is 24.2 Å². The van der Waals surface area contributed by atoms with Crippen LogP contribution in [0.4, 0.5) is 0 Å². The minimum atomic E-state index is -0.804. The van der Waals surface area contributed by atoms with Crippen molar-refractivity contribution in [2.75, 3.05) is 13.2 Å². The molecule has 1 atom stereocenters. The summed E-state index contributed by atoms with van der Waals surface area (Å²) in [5.41, 5.74) is 0. The van der Waals surface area contributed by atoms with Crippen LogP contribution >= 0.6 is 0 Å². The lowest BCUT2D eigenvalue weighted by Crippen LogP contribution is -2.28. The first-order chi connectivity index (χ1) is 18.6. The third kappa shape index (κ3) is 26.4. The lowest BCUT2D eigenvalue weighted by atomic mass is 10.1. The number of esters is 2. The molecule has 1 unspecified atom stereocenters. The Morgan fingerprint density at radius 2 is 1.18 bits per heavy atom. The average Bonchev–Trinajstić information content (AvgIpc) is 2.92. The van der Waals surface area contributed by atoms with E-state index in [-0.39, 0.29) is 31.6 Å². The first-order valence-corrected chi connectivity index (χ1v) is 14.6. The van der Waals surface area contributed by atoms with E-state index in [4.69, 9.17) is 9.47 Å². The van der Waals surface area contributed by atoms with Gasteiger partial charge in [-0.05, 0) is 44.9 Å². The number of aliphatic hydroxyl groups is 1. The van der Waals surface area contributed by atoms with E-state index < -0.39 is 6.10 Å². The molecule has 5 nitrogen and oxygen atoms in total. The number of hydrogen-bond acceptors (Lipinski definition) is 5. The van der Waals surface area contributed by atoms with Gasteiger partial charge in [0.2, 0.25) is 0 Å². The van der Waals surface area contributed by atoms with Gasteiger partial charge in [-0.15, -0.1) is 0 Å². The van der Waals surface area contributed by atoms with Crippen molar-refractivity contribution >= 4 is 11.9 Å². The molecule has 0 bridgehead atoms. The van der Waals surface area contributed by atoms with Crippen molar-refractivity contribution in [2.24, 2.45) is 0 Å². The Labute approximate surface area is 232 Å². The van der Waals surface area contributed by atoms with Crippen molar-refractivity contribution in [3.8, 4) is 0 Å². The minimum absolute atomic E-state index is 0.111. The molecule has 0 fully saturated rings. The fourth-order valence-corrected chi connectivity index (χ4v) is 3.38. The average molecular weight is 529 g/mol. The molecular weight excluding hydrogens is 476 g/mol. The number of carbonyl (C=O) groups excluding carboxylic acids is 2. The van der Waals surface area contributed by atoms with E-state index in [2.05, 4.69) is 32.1 Å². The maximum absolute atomic E-state index is 12.0. The van der Waals surface area contributed by atoms with Crippen LogP contribution < -0.4 is 0 Å². The molecule has 0 radical (unpaired) electrons. The van der Waals surface area contributed by atoms with Crippen LogP contribution in [-0.4, -0.2) is 36.4 Å². The molecule has 0 aliphatic carbocycles. The summed E-state index contributed by atoms with van der Waals surface area (Å²) < 4.78 is 10.4. The maximum atomic E-state index is 12.0. The molecule has 0 aromatic heterocycles. The Kier molecular flexibility index (Phi) is 26.9. The SMILES string of the molecule is CC/C=C/C=C/C=C/C=C/C=C/CCCC(=O)OCC(CO)OC(=O)CCCCCCC/C=C/CCCC. The van der Waals surface area contributed by atoms with Crippen molar-refractivity contribution in [3.63, 3.8) is 0 Å². The quantitative estimate of drug-likeness (QED) is 0.0591. The van der Waals surface area contributed by atoms with Crippen LogP contribution in [-0.2, 0) is 19.1 Å². The van der Waals surface area contributed by atoms with Crippen LogP contribution in [0.25, 0.3) is 0 Å². The van der Waals surface area contributed by atoms with Gasteiger partial charge in [-0.3, -0.25) is 9.59 Å². The number of unbranched alkanes of at least 4 members (excludes halogenated alkanes) is 8. The van der Waals surface area contributed by atoms with Gasteiger partial charge < -0.3 is 14.6 Å². The van der Waals surface area contributed by atoms with Crippen molar-refractivity contribution in [1.82, 2.24) is 0 Å². The largest absolute Gasteiger partial charge is 0.462 e. The van der Waals surface area contributed by atoms with Crippen LogP contribution in [0.1, 0.15) is 104 Å². The van der Waals surface area contributed by atoms with Crippen LogP contribution in [0.3, 0.4) is 0 Å². The summed E-state index contributed by atoms with van der Waals surface area (Å²) in [4.78, 5) is 23.9.